The van der Waals surface area contributed by atoms with Crippen molar-refractivity contribution in [1.29, 1.82) is 0 Å². The normalized spacial score (nSPS) is 16.9. The third-order valence-electron chi connectivity index (χ3n) is 3.47. The summed E-state index contributed by atoms with van der Waals surface area (Å²) in [6, 6.07) is 0. The van der Waals surface area contributed by atoms with E-state index in [2.05, 4.69) is 76.0 Å². The topological polar surface area (TPSA) is 0 Å². The highest BCUT2D eigenvalue weighted by Gasteiger charge is 2.23. The molecule has 0 aliphatic heterocycles. The third kappa shape index (κ3) is 4.41. The lowest BCUT2D eigenvalue weighted by Gasteiger charge is -2.20. The first-order chi connectivity index (χ1) is 9.78. The van der Waals surface area contributed by atoms with Gasteiger partial charge < -0.3 is 0 Å². The SMILES string of the molecule is C=C/C=C\C(=C/C)B(C1=CCCC=C1)C(/C=C\C)=C/C. The van der Waals surface area contributed by atoms with Crippen molar-refractivity contribution in [3.05, 3.63) is 83.8 Å². The average Bonchev–Trinajstić information content (AvgIpc) is 2.50. The molecule has 0 amide bonds. The molecule has 0 N–H and O–H groups in total. The van der Waals surface area contributed by atoms with Gasteiger partial charge in [-0.05, 0) is 33.6 Å². The summed E-state index contributed by atoms with van der Waals surface area (Å²) in [5.74, 6) is 0. The minimum absolute atomic E-state index is 0.314. The molecule has 0 aromatic rings. The van der Waals surface area contributed by atoms with Crippen molar-refractivity contribution >= 4 is 6.71 Å². The van der Waals surface area contributed by atoms with Gasteiger partial charge in [-0.2, -0.15) is 0 Å². The quantitative estimate of drug-likeness (QED) is 0.433. The summed E-state index contributed by atoms with van der Waals surface area (Å²) in [5.41, 5.74) is 4.05. The first kappa shape index (κ1) is 16.3. The highest BCUT2D eigenvalue weighted by Crippen LogP contribution is 2.25. The molecule has 1 rings (SSSR count). The van der Waals surface area contributed by atoms with Crippen molar-refractivity contribution in [2.24, 2.45) is 0 Å². The minimum Gasteiger partial charge on any atom is -0.0991 e. The van der Waals surface area contributed by atoms with Crippen molar-refractivity contribution < 1.29 is 0 Å². The Morgan fingerprint density at radius 3 is 2.30 bits per heavy atom. The van der Waals surface area contributed by atoms with Crippen molar-refractivity contribution in [2.75, 3.05) is 0 Å². The van der Waals surface area contributed by atoms with Crippen LogP contribution in [0.15, 0.2) is 83.8 Å². The monoisotopic (exact) mass is 264 g/mol. The lowest BCUT2D eigenvalue weighted by molar-refractivity contribution is 1.03. The first-order valence-corrected chi connectivity index (χ1v) is 7.39. The van der Waals surface area contributed by atoms with E-state index in [-0.39, 0.29) is 0 Å². The largest absolute Gasteiger partial charge is 0.239 e. The van der Waals surface area contributed by atoms with Gasteiger partial charge in [-0.3, -0.25) is 0 Å². The van der Waals surface area contributed by atoms with E-state index >= 15 is 0 Å². The van der Waals surface area contributed by atoms with Gasteiger partial charge in [0, 0.05) is 0 Å². The molecular formula is C19H25B. The molecule has 0 heterocycles. The smallest absolute Gasteiger partial charge is 0.0991 e. The molecule has 0 aromatic carbocycles. The summed E-state index contributed by atoms with van der Waals surface area (Å²) in [7, 11) is 0. The highest BCUT2D eigenvalue weighted by atomic mass is 14.0. The zero-order chi connectivity index (χ0) is 14.8. The zero-order valence-electron chi connectivity index (χ0n) is 13.0. The Labute approximate surface area is 124 Å². The van der Waals surface area contributed by atoms with Crippen molar-refractivity contribution in [1.82, 2.24) is 0 Å². The van der Waals surface area contributed by atoms with Crippen LogP contribution >= 0.6 is 0 Å². The van der Waals surface area contributed by atoms with Crippen LogP contribution in [0.25, 0.3) is 0 Å². The van der Waals surface area contributed by atoms with E-state index < -0.39 is 0 Å². The molecule has 0 atom stereocenters. The second-order valence-corrected chi connectivity index (χ2v) is 4.79. The maximum absolute atomic E-state index is 3.77. The van der Waals surface area contributed by atoms with Gasteiger partial charge >= 0.3 is 0 Å². The maximum Gasteiger partial charge on any atom is 0.239 e. The summed E-state index contributed by atoms with van der Waals surface area (Å²) in [5, 5.41) is 0. The summed E-state index contributed by atoms with van der Waals surface area (Å²) >= 11 is 0. The van der Waals surface area contributed by atoms with Gasteiger partial charge in [0.2, 0.25) is 6.71 Å². The van der Waals surface area contributed by atoms with Gasteiger partial charge in [-0.25, -0.2) is 0 Å². The number of hydrogen-bond acceptors (Lipinski definition) is 0. The molecule has 0 bridgehead atoms. The molecule has 0 aromatic heterocycles. The van der Waals surface area contributed by atoms with Gasteiger partial charge in [-0.1, -0.05) is 83.8 Å². The van der Waals surface area contributed by atoms with Crippen LogP contribution in [0.2, 0.25) is 0 Å². The zero-order valence-corrected chi connectivity index (χ0v) is 13.0. The molecule has 0 fully saturated rings. The molecule has 0 nitrogen and oxygen atoms in total. The molecule has 1 heteroatoms. The molecule has 104 valence electrons. The molecular weight excluding hydrogens is 239 g/mol. The van der Waals surface area contributed by atoms with Gasteiger partial charge in [0.15, 0.2) is 0 Å². The van der Waals surface area contributed by atoms with E-state index in [1.54, 1.807) is 0 Å². The summed E-state index contributed by atoms with van der Waals surface area (Å²) in [4.78, 5) is 0. The van der Waals surface area contributed by atoms with E-state index in [1.807, 2.05) is 12.2 Å². The Morgan fingerprint density at radius 2 is 1.80 bits per heavy atom. The van der Waals surface area contributed by atoms with Crippen LogP contribution in [0, 0.1) is 0 Å². The van der Waals surface area contributed by atoms with Crippen LogP contribution in [0.1, 0.15) is 33.6 Å². The molecule has 0 unspecified atom stereocenters. The Kier molecular flexibility index (Phi) is 7.50. The second-order valence-electron chi connectivity index (χ2n) is 4.79. The van der Waals surface area contributed by atoms with Crippen LogP contribution < -0.4 is 0 Å². The first-order valence-electron chi connectivity index (χ1n) is 7.39. The van der Waals surface area contributed by atoms with Gasteiger partial charge in [-0.15, -0.1) is 0 Å². The molecule has 0 saturated heterocycles. The highest BCUT2D eigenvalue weighted by molar-refractivity contribution is 6.82. The molecule has 0 spiro atoms. The predicted octanol–water partition coefficient (Wildman–Crippen LogP) is 5.59. The van der Waals surface area contributed by atoms with E-state index in [0.29, 0.717) is 6.71 Å². The molecule has 0 radical (unpaired) electrons. The Balaban J connectivity index is 3.25. The van der Waals surface area contributed by atoms with E-state index in [1.165, 1.54) is 16.4 Å². The van der Waals surface area contributed by atoms with Crippen LogP contribution in [0.3, 0.4) is 0 Å². The van der Waals surface area contributed by atoms with Crippen molar-refractivity contribution in [3.8, 4) is 0 Å². The van der Waals surface area contributed by atoms with Gasteiger partial charge in [0.05, 0.1) is 0 Å². The third-order valence-corrected chi connectivity index (χ3v) is 3.47. The minimum atomic E-state index is 0.314. The van der Waals surface area contributed by atoms with Crippen LogP contribution in [0.4, 0.5) is 0 Å². The lowest BCUT2D eigenvalue weighted by Crippen LogP contribution is -2.22. The fraction of sp³-hybridized carbons (Fsp3) is 0.263. The molecule has 1 aliphatic rings. The number of hydrogen-bond donors (Lipinski definition) is 0. The summed E-state index contributed by atoms with van der Waals surface area (Å²) in [6.07, 6.45) is 23.9. The standard InChI is InChI=1S/C19H25B/c1-5-9-14-18(8-4)20(17(7-3)13-6-2)19-15-11-10-12-16-19/h5-9,11,13-16H,1,10,12H2,2-4H3/b13-6-,14-9-,17-7+,18-8+. The lowest BCUT2D eigenvalue weighted by atomic mass is 9.34. The second kappa shape index (κ2) is 9.20. The molecule has 1 aliphatic carbocycles. The van der Waals surface area contributed by atoms with Gasteiger partial charge in [0.25, 0.3) is 0 Å². The van der Waals surface area contributed by atoms with E-state index in [0.717, 1.165) is 12.8 Å². The predicted molar refractivity (Wildman–Crippen MR) is 93.9 cm³/mol. The maximum atomic E-state index is 3.77. The fourth-order valence-electron chi connectivity index (χ4n) is 2.51. The van der Waals surface area contributed by atoms with Crippen molar-refractivity contribution in [2.45, 2.75) is 33.6 Å². The number of allylic oxidation sites excluding steroid dienone is 13. The summed E-state index contributed by atoms with van der Waals surface area (Å²) < 4.78 is 0. The van der Waals surface area contributed by atoms with Crippen molar-refractivity contribution in [3.63, 3.8) is 0 Å². The Morgan fingerprint density at radius 1 is 1.10 bits per heavy atom. The number of rotatable bonds is 6. The molecule has 0 saturated carbocycles. The van der Waals surface area contributed by atoms with E-state index in [9.17, 15) is 0 Å². The van der Waals surface area contributed by atoms with E-state index in [4.69, 9.17) is 0 Å². The average molecular weight is 264 g/mol. The van der Waals surface area contributed by atoms with Crippen LogP contribution in [0.5, 0.6) is 0 Å². The Bertz CT molecular complexity index is 492. The molecule has 20 heavy (non-hydrogen) atoms. The Hall–Kier alpha value is -1.76. The van der Waals surface area contributed by atoms with Crippen LogP contribution in [-0.2, 0) is 0 Å². The summed E-state index contributed by atoms with van der Waals surface area (Å²) in [6.45, 7) is 10.4. The fourth-order valence-corrected chi connectivity index (χ4v) is 2.51. The van der Waals surface area contributed by atoms with Crippen LogP contribution in [-0.4, -0.2) is 6.71 Å². The van der Waals surface area contributed by atoms with Gasteiger partial charge in [0.1, 0.15) is 0 Å².